The average molecular weight is 304 g/mol. The lowest BCUT2D eigenvalue weighted by molar-refractivity contribution is -0.143. The Kier molecular flexibility index (Phi) is 4.49. The van der Waals surface area contributed by atoms with Gasteiger partial charge in [-0.3, -0.25) is 19.4 Å². The Morgan fingerprint density at radius 1 is 1.09 bits per heavy atom. The first-order valence-electron chi connectivity index (χ1n) is 7.16. The maximum absolute atomic E-state index is 12.3. The SMILES string of the molecule is COc1ccc(C)cc1CN1C(=O)C(=O)N(CC(C)C)C1=O. The van der Waals surface area contributed by atoms with Crippen molar-refractivity contribution in [3.63, 3.8) is 0 Å². The minimum Gasteiger partial charge on any atom is -0.496 e. The van der Waals surface area contributed by atoms with Gasteiger partial charge in [0.05, 0.1) is 13.7 Å². The summed E-state index contributed by atoms with van der Waals surface area (Å²) in [4.78, 5) is 38.3. The van der Waals surface area contributed by atoms with Gasteiger partial charge in [-0.15, -0.1) is 0 Å². The van der Waals surface area contributed by atoms with Gasteiger partial charge in [0.25, 0.3) is 0 Å². The summed E-state index contributed by atoms with van der Waals surface area (Å²) in [5.74, 6) is -0.852. The summed E-state index contributed by atoms with van der Waals surface area (Å²) in [5.41, 5.74) is 1.68. The molecule has 0 saturated carbocycles. The number of carbonyl (C=O) groups is 3. The van der Waals surface area contributed by atoms with Gasteiger partial charge in [0.2, 0.25) is 0 Å². The number of urea groups is 1. The molecule has 22 heavy (non-hydrogen) atoms. The van der Waals surface area contributed by atoms with Crippen LogP contribution in [0.4, 0.5) is 4.79 Å². The Labute approximate surface area is 129 Å². The number of hydrogen-bond donors (Lipinski definition) is 0. The second-order valence-electron chi connectivity index (χ2n) is 5.80. The molecule has 1 aromatic rings. The van der Waals surface area contributed by atoms with Gasteiger partial charge in [0, 0.05) is 12.1 Å². The Morgan fingerprint density at radius 2 is 1.73 bits per heavy atom. The lowest BCUT2D eigenvalue weighted by atomic mass is 10.1. The highest BCUT2D eigenvalue weighted by atomic mass is 16.5. The van der Waals surface area contributed by atoms with Gasteiger partial charge in [-0.1, -0.05) is 31.5 Å². The largest absolute Gasteiger partial charge is 0.496 e. The molecule has 118 valence electrons. The van der Waals surface area contributed by atoms with Gasteiger partial charge in [0.1, 0.15) is 5.75 Å². The van der Waals surface area contributed by atoms with E-state index in [2.05, 4.69) is 0 Å². The number of imide groups is 2. The summed E-state index contributed by atoms with van der Waals surface area (Å²) in [6, 6.07) is 4.94. The average Bonchev–Trinajstić information content (AvgIpc) is 2.65. The molecule has 0 aromatic heterocycles. The first-order valence-corrected chi connectivity index (χ1v) is 7.16. The molecule has 1 heterocycles. The molecule has 1 aliphatic heterocycles. The fraction of sp³-hybridized carbons (Fsp3) is 0.438. The molecule has 6 nitrogen and oxygen atoms in total. The summed E-state index contributed by atoms with van der Waals surface area (Å²) >= 11 is 0. The van der Waals surface area contributed by atoms with Gasteiger partial charge in [-0.05, 0) is 18.9 Å². The summed E-state index contributed by atoms with van der Waals surface area (Å²) in [7, 11) is 1.53. The smallest absolute Gasteiger partial charge is 0.334 e. The molecule has 0 atom stereocenters. The van der Waals surface area contributed by atoms with Gasteiger partial charge in [0.15, 0.2) is 0 Å². The third kappa shape index (κ3) is 2.95. The molecular formula is C16H20N2O4. The van der Waals surface area contributed by atoms with Crippen LogP contribution < -0.4 is 4.74 Å². The van der Waals surface area contributed by atoms with E-state index in [0.29, 0.717) is 11.3 Å². The third-order valence-corrected chi connectivity index (χ3v) is 3.45. The standard InChI is InChI=1S/C16H20N2O4/c1-10(2)8-17-14(19)15(20)18(16(17)21)9-12-7-11(3)5-6-13(12)22-4/h5-7,10H,8-9H2,1-4H3. The zero-order valence-corrected chi connectivity index (χ0v) is 13.3. The molecule has 4 amide bonds. The lowest BCUT2D eigenvalue weighted by Crippen LogP contribution is -2.35. The maximum Gasteiger partial charge on any atom is 0.334 e. The summed E-state index contributed by atoms with van der Waals surface area (Å²) in [5, 5.41) is 0. The monoisotopic (exact) mass is 304 g/mol. The van der Waals surface area contributed by atoms with Crippen molar-refractivity contribution in [2.24, 2.45) is 5.92 Å². The number of rotatable bonds is 5. The van der Waals surface area contributed by atoms with E-state index in [9.17, 15) is 14.4 Å². The summed E-state index contributed by atoms with van der Waals surface area (Å²) < 4.78 is 5.25. The van der Waals surface area contributed by atoms with E-state index >= 15 is 0 Å². The quantitative estimate of drug-likeness (QED) is 0.616. The van der Waals surface area contributed by atoms with Crippen molar-refractivity contribution in [3.05, 3.63) is 29.3 Å². The van der Waals surface area contributed by atoms with Crippen LogP contribution in [0, 0.1) is 12.8 Å². The molecule has 0 radical (unpaired) electrons. The van der Waals surface area contributed by atoms with Crippen molar-refractivity contribution in [1.82, 2.24) is 9.80 Å². The molecule has 1 fully saturated rings. The number of carbonyl (C=O) groups excluding carboxylic acids is 3. The zero-order valence-electron chi connectivity index (χ0n) is 13.3. The first-order chi connectivity index (χ1) is 10.3. The van der Waals surface area contributed by atoms with Crippen molar-refractivity contribution < 1.29 is 19.1 Å². The molecule has 0 N–H and O–H groups in total. The molecular weight excluding hydrogens is 284 g/mol. The van der Waals surface area contributed by atoms with Gasteiger partial charge in [-0.25, -0.2) is 4.79 Å². The van der Waals surface area contributed by atoms with Crippen molar-refractivity contribution in [2.75, 3.05) is 13.7 Å². The molecule has 1 aliphatic rings. The number of methoxy groups -OCH3 is 1. The predicted octanol–water partition coefficient (Wildman–Crippen LogP) is 1.95. The van der Waals surface area contributed by atoms with E-state index in [-0.39, 0.29) is 19.0 Å². The minimum absolute atomic E-state index is 0.0306. The Hall–Kier alpha value is -2.37. The highest BCUT2D eigenvalue weighted by Crippen LogP contribution is 2.24. The van der Waals surface area contributed by atoms with E-state index in [4.69, 9.17) is 4.74 Å². The van der Waals surface area contributed by atoms with Crippen molar-refractivity contribution in [2.45, 2.75) is 27.3 Å². The predicted molar refractivity (Wildman–Crippen MR) is 80.2 cm³/mol. The fourth-order valence-electron chi connectivity index (χ4n) is 2.42. The first kappa shape index (κ1) is 16.0. The molecule has 0 spiro atoms. The van der Waals surface area contributed by atoms with E-state index in [1.807, 2.05) is 32.9 Å². The van der Waals surface area contributed by atoms with Crippen LogP contribution in [-0.4, -0.2) is 41.3 Å². The van der Waals surface area contributed by atoms with Crippen molar-refractivity contribution >= 4 is 17.8 Å². The van der Waals surface area contributed by atoms with Gasteiger partial charge < -0.3 is 4.74 Å². The number of benzene rings is 1. The Bertz CT molecular complexity index is 625. The van der Waals surface area contributed by atoms with E-state index in [0.717, 1.165) is 15.4 Å². The van der Waals surface area contributed by atoms with Crippen molar-refractivity contribution in [1.29, 1.82) is 0 Å². The Morgan fingerprint density at radius 3 is 2.32 bits per heavy atom. The molecule has 6 heteroatoms. The normalized spacial score (nSPS) is 15.2. The molecule has 0 bridgehead atoms. The second-order valence-corrected chi connectivity index (χ2v) is 5.80. The van der Waals surface area contributed by atoms with Crippen LogP contribution in [0.3, 0.4) is 0 Å². The third-order valence-electron chi connectivity index (χ3n) is 3.45. The van der Waals surface area contributed by atoms with E-state index in [1.54, 1.807) is 6.07 Å². The van der Waals surface area contributed by atoms with Gasteiger partial charge >= 0.3 is 17.8 Å². The maximum atomic E-state index is 12.3. The van der Waals surface area contributed by atoms with Crippen LogP contribution in [0.5, 0.6) is 5.75 Å². The topological polar surface area (TPSA) is 66.9 Å². The molecule has 1 saturated heterocycles. The highest BCUT2D eigenvalue weighted by Gasteiger charge is 2.44. The van der Waals surface area contributed by atoms with Crippen molar-refractivity contribution in [3.8, 4) is 5.75 Å². The Balaban J connectivity index is 2.26. The summed E-state index contributed by atoms with van der Waals surface area (Å²) in [6.07, 6.45) is 0. The number of hydrogen-bond acceptors (Lipinski definition) is 4. The molecule has 0 unspecified atom stereocenters. The molecule has 1 aromatic carbocycles. The van der Waals surface area contributed by atoms with Gasteiger partial charge in [-0.2, -0.15) is 0 Å². The van der Waals surface area contributed by atoms with Crippen LogP contribution >= 0.6 is 0 Å². The summed E-state index contributed by atoms with van der Waals surface area (Å²) in [6.45, 7) is 5.95. The van der Waals surface area contributed by atoms with Crippen LogP contribution in [0.1, 0.15) is 25.0 Å². The second kappa shape index (κ2) is 6.17. The molecule has 2 rings (SSSR count). The molecule has 0 aliphatic carbocycles. The number of ether oxygens (including phenoxy) is 1. The van der Waals surface area contributed by atoms with Crippen LogP contribution in [0.25, 0.3) is 0 Å². The van der Waals surface area contributed by atoms with E-state index < -0.39 is 17.8 Å². The number of amides is 4. The fourth-order valence-corrected chi connectivity index (χ4v) is 2.42. The lowest BCUT2D eigenvalue weighted by Gasteiger charge is -2.18. The number of aryl methyl sites for hydroxylation is 1. The number of nitrogens with zero attached hydrogens (tertiary/aromatic N) is 2. The highest BCUT2D eigenvalue weighted by molar-refractivity contribution is 6.44. The van der Waals surface area contributed by atoms with Crippen LogP contribution in [0.15, 0.2) is 18.2 Å². The van der Waals surface area contributed by atoms with E-state index in [1.165, 1.54) is 7.11 Å². The van der Waals surface area contributed by atoms with Crippen LogP contribution in [0.2, 0.25) is 0 Å². The van der Waals surface area contributed by atoms with Crippen LogP contribution in [-0.2, 0) is 16.1 Å². The zero-order chi connectivity index (χ0) is 16.4. The minimum atomic E-state index is -0.783.